The summed E-state index contributed by atoms with van der Waals surface area (Å²) in [6.07, 6.45) is 2.29. The lowest BCUT2D eigenvalue weighted by atomic mass is 9.98. The van der Waals surface area contributed by atoms with Crippen molar-refractivity contribution in [1.29, 1.82) is 0 Å². The van der Waals surface area contributed by atoms with Gasteiger partial charge in [-0.2, -0.15) is 0 Å². The van der Waals surface area contributed by atoms with Gasteiger partial charge in [0.05, 0.1) is 5.69 Å². The molecule has 0 atom stereocenters. The van der Waals surface area contributed by atoms with Crippen LogP contribution in [0.2, 0.25) is 0 Å². The first kappa shape index (κ1) is 16.4. The number of likely N-dealkylation sites (tertiary alicyclic amines) is 1. The molecule has 1 aliphatic heterocycles. The van der Waals surface area contributed by atoms with Crippen molar-refractivity contribution in [1.82, 2.24) is 4.90 Å². The van der Waals surface area contributed by atoms with E-state index in [1.165, 1.54) is 6.07 Å². The molecule has 1 aromatic rings. The molecule has 6 heteroatoms. The van der Waals surface area contributed by atoms with Crippen molar-refractivity contribution in [3.8, 4) is 0 Å². The van der Waals surface area contributed by atoms with Crippen molar-refractivity contribution in [2.45, 2.75) is 19.3 Å². The Morgan fingerprint density at radius 3 is 2.76 bits per heavy atom. The third-order valence-electron chi connectivity index (χ3n) is 3.83. The van der Waals surface area contributed by atoms with Crippen LogP contribution in [0.15, 0.2) is 22.7 Å². The lowest BCUT2D eigenvalue weighted by Crippen LogP contribution is -2.36. The first-order valence-corrected chi connectivity index (χ1v) is 7.96. The van der Waals surface area contributed by atoms with Crippen LogP contribution in [0.5, 0.6) is 0 Å². The Hall–Kier alpha value is -0.980. The Balaban J connectivity index is 1.75. The lowest BCUT2D eigenvalue weighted by Gasteiger charge is -2.30. The molecule has 1 fully saturated rings. The molecule has 21 heavy (non-hydrogen) atoms. The summed E-state index contributed by atoms with van der Waals surface area (Å²) in [6, 6.07) is 4.57. The lowest BCUT2D eigenvalue weighted by molar-refractivity contribution is -0.116. The van der Waals surface area contributed by atoms with E-state index < -0.39 is 5.82 Å². The molecule has 0 bridgehead atoms. The van der Waals surface area contributed by atoms with Gasteiger partial charge in [0.25, 0.3) is 0 Å². The molecular formula is C15H20BrFN2O2. The van der Waals surface area contributed by atoms with Gasteiger partial charge in [0, 0.05) is 24.0 Å². The molecule has 0 unspecified atom stereocenters. The molecule has 0 spiro atoms. The summed E-state index contributed by atoms with van der Waals surface area (Å²) in [5.74, 6) is -0.228. The van der Waals surface area contributed by atoms with Crippen molar-refractivity contribution >= 4 is 27.5 Å². The molecule has 1 aromatic carbocycles. The van der Waals surface area contributed by atoms with Crippen LogP contribution in [0.1, 0.15) is 19.3 Å². The number of nitrogens with one attached hydrogen (secondary N) is 1. The van der Waals surface area contributed by atoms with E-state index in [-0.39, 0.29) is 18.2 Å². The summed E-state index contributed by atoms with van der Waals surface area (Å²) in [7, 11) is 0. The van der Waals surface area contributed by atoms with Crippen molar-refractivity contribution in [2.75, 3.05) is 31.6 Å². The van der Waals surface area contributed by atoms with Crippen molar-refractivity contribution in [3.05, 3.63) is 28.5 Å². The van der Waals surface area contributed by atoms with Gasteiger partial charge in [-0.25, -0.2) is 4.39 Å². The molecule has 4 nitrogen and oxygen atoms in total. The minimum absolute atomic E-state index is 0.180. The maximum Gasteiger partial charge on any atom is 0.225 e. The molecule has 2 N–H and O–H groups in total. The molecule has 0 aliphatic carbocycles. The Labute approximate surface area is 132 Å². The molecule has 116 valence electrons. The SMILES string of the molecule is O=C(CCN1CCC(CO)CC1)Nc1ccc(Br)cc1F. The molecule has 1 amide bonds. The van der Waals surface area contributed by atoms with Crippen LogP contribution in [0.4, 0.5) is 10.1 Å². The zero-order chi connectivity index (χ0) is 15.2. The topological polar surface area (TPSA) is 52.6 Å². The van der Waals surface area contributed by atoms with Crippen LogP contribution in [-0.2, 0) is 4.79 Å². The van der Waals surface area contributed by atoms with Gasteiger partial charge in [-0.15, -0.1) is 0 Å². The van der Waals surface area contributed by atoms with Gasteiger partial charge >= 0.3 is 0 Å². The van der Waals surface area contributed by atoms with Crippen LogP contribution in [0.25, 0.3) is 0 Å². The van der Waals surface area contributed by atoms with Crippen molar-refractivity contribution in [2.24, 2.45) is 5.92 Å². The van der Waals surface area contributed by atoms with E-state index in [1.54, 1.807) is 12.1 Å². The number of hydrogen-bond donors (Lipinski definition) is 2. The highest BCUT2D eigenvalue weighted by atomic mass is 79.9. The molecule has 2 rings (SSSR count). The van der Waals surface area contributed by atoms with Crippen LogP contribution in [0, 0.1) is 11.7 Å². The number of carbonyl (C=O) groups is 1. The first-order valence-electron chi connectivity index (χ1n) is 7.16. The number of halogens is 2. The van der Waals surface area contributed by atoms with Crippen LogP contribution >= 0.6 is 15.9 Å². The molecule has 1 heterocycles. The molecule has 0 saturated carbocycles. The van der Waals surface area contributed by atoms with E-state index >= 15 is 0 Å². The normalized spacial score (nSPS) is 16.9. The quantitative estimate of drug-likeness (QED) is 0.850. The molecular weight excluding hydrogens is 339 g/mol. The number of benzene rings is 1. The van der Waals surface area contributed by atoms with Gasteiger partial charge in [0.1, 0.15) is 5.82 Å². The maximum absolute atomic E-state index is 13.6. The number of anilines is 1. The fraction of sp³-hybridized carbons (Fsp3) is 0.533. The second-order valence-electron chi connectivity index (χ2n) is 5.39. The van der Waals surface area contributed by atoms with Crippen molar-refractivity contribution < 1.29 is 14.3 Å². The van der Waals surface area contributed by atoms with E-state index in [9.17, 15) is 9.18 Å². The van der Waals surface area contributed by atoms with Gasteiger partial charge in [0.15, 0.2) is 0 Å². The summed E-state index contributed by atoms with van der Waals surface area (Å²) in [5, 5.41) is 11.7. The van der Waals surface area contributed by atoms with Crippen LogP contribution in [0.3, 0.4) is 0 Å². The molecule has 0 aromatic heterocycles. The van der Waals surface area contributed by atoms with Gasteiger partial charge in [-0.1, -0.05) is 15.9 Å². The number of aliphatic hydroxyl groups excluding tert-OH is 1. The monoisotopic (exact) mass is 358 g/mol. The molecule has 1 saturated heterocycles. The fourth-order valence-corrected chi connectivity index (χ4v) is 2.79. The highest BCUT2D eigenvalue weighted by Gasteiger charge is 2.18. The van der Waals surface area contributed by atoms with Crippen molar-refractivity contribution in [3.63, 3.8) is 0 Å². The van der Waals surface area contributed by atoms with E-state index in [0.29, 0.717) is 23.4 Å². The molecule has 0 radical (unpaired) electrons. The van der Waals surface area contributed by atoms with E-state index in [0.717, 1.165) is 25.9 Å². The first-order chi connectivity index (χ1) is 10.1. The fourth-order valence-electron chi connectivity index (χ4n) is 2.46. The largest absolute Gasteiger partial charge is 0.396 e. The standard InChI is InChI=1S/C15H20BrFN2O2/c16-12-1-2-14(13(17)9-12)18-15(21)5-8-19-6-3-11(10-20)4-7-19/h1-2,9,11,20H,3-8,10H2,(H,18,21). The van der Waals surface area contributed by atoms with Gasteiger partial charge in [-0.05, 0) is 50.0 Å². The Morgan fingerprint density at radius 1 is 1.43 bits per heavy atom. The summed E-state index contributed by atoms with van der Waals surface area (Å²) in [6.45, 7) is 2.73. The summed E-state index contributed by atoms with van der Waals surface area (Å²) < 4.78 is 14.3. The van der Waals surface area contributed by atoms with E-state index in [4.69, 9.17) is 5.11 Å². The number of hydrogen-bond acceptors (Lipinski definition) is 3. The maximum atomic E-state index is 13.6. The van der Waals surface area contributed by atoms with E-state index in [1.807, 2.05) is 0 Å². The van der Waals surface area contributed by atoms with Gasteiger partial charge in [-0.3, -0.25) is 4.79 Å². The minimum Gasteiger partial charge on any atom is -0.396 e. The Bertz CT molecular complexity index is 491. The average Bonchev–Trinajstić information content (AvgIpc) is 2.48. The highest BCUT2D eigenvalue weighted by Crippen LogP contribution is 2.20. The average molecular weight is 359 g/mol. The number of amides is 1. The number of carbonyl (C=O) groups excluding carboxylic acids is 1. The number of nitrogens with zero attached hydrogens (tertiary/aromatic N) is 1. The number of rotatable bonds is 5. The van der Waals surface area contributed by atoms with Crippen LogP contribution < -0.4 is 5.32 Å². The minimum atomic E-state index is -0.443. The molecule has 1 aliphatic rings. The second-order valence-corrected chi connectivity index (χ2v) is 6.31. The third-order valence-corrected chi connectivity index (χ3v) is 4.32. The zero-order valence-electron chi connectivity index (χ0n) is 11.8. The Morgan fingerprint density at radius 2 is 2.14 bits per heavy atom. The number of aliphatic hydroxyl groups is 1. The summed E-state index contributed by atoms with van der Waals surface area (Å²) in [5.41, 5.74) is 0.210. The zero-order valence-corrected chi connectivity index (χ0v) is 13.4. The summed E-state index contributed by atoms with van der Waals surface area (Å²) in [4.78, 5) is 14.1. The smallest absolute Gasteiger partial charge is 0.225 e. The highest BCUT2D eigenvalue weighted by molar-refractivity contribution is 9.10. The number of piperidine rings is 1. The van der Waals surface area contributed by atoms with Crippen LogP contribution in [-0.4, -0.2) is 42.2 Å². The van der Waals surface area contributed by atoms with Gasteiger partial charge in [0.2, 0.25) is 5.91 Å². The Kier molecular flexibility index (Phi) is 6.14. The predicted molar refractivity (Wildman–Crippen MR) is 83.6 cm³/mol. The summed E-state index contributed by atoms with van der Waals surface area (Å²) >= 11 is 3.18. The second kappa shape index (κ2) is 7.87. The van der Waals surface area contributed by atoms with Gasteiger partial charge < -0.3 is 15.3 Å². The van der Waals surface area contributed by atoms with E-state index in [2.05, 4.69) is 26.1 Å². The third kappa shape index (κ3) is 5.05. The predicted octanol–water partition coefficient (Wildman–Crippen LogP) is 2.62.